The van der Waals surface area contributed by atoms with Crippen molar-refractivity contribution in [2.75, 3.05) is 11.9 Å². The summed E-state index contributed by atoms with van der Waals surface area (Å²) in [5.41, 5.74) is 0.400. The number of rotatable bonds is 4. The first kappa shape index (κ1) is 11.9. The average Bonchev–Trinajstić information content (AvgIpc) is 2.80. The lowest BCUT2D eigenvalue weighted by atomic mass is 10.1. The molecule has 0 spiro atoms. The summed E-state index contributed by atoms with van der Waals surface area (Å²) in [6, 6.07) is 4.13. The van der Waals surface area contributed by atoms with E-state index in [2.05, 4.69) is 5.32 Å². The molecular formula is C13H16FNO2. The van der Waals surface area contributed by atoms with Gasteiger partial charge in [-0.2, -0.15) is 0 Å². The number of halogens is 1. The summed E-state index contributed by atoms with van der Waals surface area (Å²) >= 11 is 0. The average molecular weight is 237 g/mol. The summed E-state index contributed by atoms with van der Waals surface area (Å²) in [6.45, 7) is 0.838. The van der Waals surface area contributed by atoms with Gasteiger partial charge in [0.1, 0.15) is 5.82 Å². The van der Waals surface area contributed by atoms with Gasteiger partial charge in [0.15, 0.2) is 0 Å². The highest BCUT2D eigenvalue weighted by atomic mass is 19.1. The maximum absolute atomic E-state index is 13.2. The maximum Gasteiger partial charge on any atom is 0.338 e. The second-order valence-electron chi connectivity index (χ2n) is 4.53. The summed E-state index contributed by atoms with van der Waals surface area (Å²) in [7, 11) is 0. The Hall–Kier alpha value is -1.58. The highest BCUT2D eigenvalue weighted by molar-refractivity contribution is 5.89. The van der Waals surface area contributed by atoms with Gasteiger partial charge in [-0.05, 0) is 37.0 Å². The topological polar surface area (TPSA) is 49.3 Å². The molecule has 0 bridgehead atoms. The van der Waals surface area contributed by atoms with Crippen LogP contribution in [0.25, 0.3) is 0 Å². The van der Waals surface area contributed by atoms with Crippen molar-refractivity contribution in [3.63, 3.8) is 0 Å². The summed E-state index contributed by atoms with van der Waals surface area (Å²) < 4.78 is 13.2. The van der Waals surface area contributed by atoms with E-state index in [1.807, 2.05) is 0 Å². The van der Waals surface area contributed by atoms with E-state index in [1.165, 1.54) is 37.8 Å². The molecule has 0 unspecified atom stereocenters. The molecule has 0 saturated heterocycles. The van der Waals surface area contributed by atoms with E-state index in [4.69, 9.17) is 5.11 Å². The third kappa shape index (κ3) is 2.96. The maximum atomic E-state index is 13.2. The molecule has 4 heteroatoms. The van der Waals surface area contributed by atoms with E-state index in [1.54, 1.807) is 6.07 Å². The van der Waals surface area contributed by atoms with Gasteiger partial charge < -0.3 is 10.4 Å². The molecule has 0 atom stereocenters. The first-order valence-corrected chi connectivity index (χ1v) is 5.93. The van der Waals surface area contributed by atoms with Gasteiger partial charge in [0.25, 0.3) is 0 Å². The largest absolute Gasteiger partial charge is 0.478 e. The van der Waals surface area contributed by atoms with Crippen LogP contribution in [0.15, 0.2) is 18.2 Å². The number of aromatic carboxylic acids is 1. The molecular weight excluding hydrogens is 221 g/mol. The van der Waals surface area contributed by atoms with E-state index in [9.17, 15) is 9.18 Å². The monoisotopic (exact) mass is 237 g/mol. The minimum absolute atomic E-state index is 0.276. The highest BCUT2D eigenvalue weighted by Gasteiger charge is 2.15. The van der Waals surface area contributed by atoms with Gasteiger partial charge in [0, 0.05) is 12.2 Å². The van der Waals surface area contributed by atoms with Crippen molar-refractivity contribution in [1.82, 2.24) is 0 Å². The Balaban J connectivity index is 2.00. The molecule has 1 aliphatic rings. The minimum atomic E-state index is -1.23. The Labute approximate surface area is 99.7 Å². The van der Waals surface area contributed by atoms with E-state index >= 15 is 0 Å². The third-order valence-electron chi connectivity index (χ3n) is 3.27. The number of carboxylic acid groups (broad SMARTS) is 1. The number of hydrogen-bond donors (Lipinski definition) is 2. The molecule has 1 aliphatic carbocycles. The van der Waals surface area contributed by atoms with Crippen molar-refractivity contribution >= 4 is 11.7 Å². The molecule has 0 aliphatic heterocycles. The van der Waals surface area contributed by atoms with Crippen LogP contribution in [0.1, 0.15) is 36.0 Å². The number of anilines is 1. The van der Waals surface area contributed by atoms with Crippen LogP contribution in [0.3, 0.4) is 0 Å². The Morgan fingerprint density at radius 1 is 1.41 bits per heavy atom. The molecule has 0 aromatic heterocycles. The van der Waals surface area contributed by atoms with Gasteiger partial charge in [-0.3, -0.25) is 0 Å². The molecule has 1 fully saturated rings. The van der Waals surface area contributed by atoms with Gasteiger partial charge in [-0.25, -0.2) is 9.18 Å². The summed E-state index contributed by atoms with van der Waals surface area (Å²) in [6.07, 6.45) is 4.99. The van der Waals surface area contributed by atoms with E-state index < -0.39 is 11.8 Å². The zero-order valence-corrected chi connectivity index (χ0v) is 9.58. The molecule has 1 saturated carbocycles. The molecule has 2 rings (SSSR count). The van der Waals surface area contributed by atoms with Crippen molar-refractivity contribution in [3.8, 4) is 0 Å². The number of hydrogen-bond acceptors (Lipinski definition) is 2. The van der Waals surface area contributed by atoms with Gasteiger partial charge in [0.2, 0.25) is 0 Å². The molecule has 1 aromatic carbocycles. The highest BCUT2D eigenvalue weighted by Crippen LogP contribution is 2.25. The van der Waals surface area contributed by atoms with Crippen molar-refractivity contribution < 1.29 is 14.3 Å². The van der Waals surface area contributed by atoms with Crippen LogP contribution >= 0.6 is 0 Å². The normalized spacial score (nSPS) is 16.1. The lowest BCUT2D eigenvalue weighted by molar-refractivity contribution is 0.0692. The van der Waals surface area contributed by atoms with Gasteiger partial charge in [-0.1, -0.05) is 12.8 Å². The second-order valence-corrected chi connectivity index (χ2v) is 4.53. The Morgan fingerprint density at radius 3 is 2.76 bits per heavy atom. The van der Waals surface area contributed by atoms with Crippen molar-refractivity contribution in [2.45, 2.75) is 25.7 Å². The smallest absolute Gasteiger partial charge is 0.338 e. The lowest BCUT2D eigenvalue weighted by Crippen LogP contribution is -2.11. The van der Waals surface area contributed by atoms with Crippen LogP contribution in [0.2, 0.25) is 0 Å². The molecule has 1 aromatic rings. The molecule has 17 heavy (non-hydrogen) atoms. The van der Waals surface area contributed by atoms with Crippen molar-refractivity contribution in [3.05, 3.63) is 29.6 Å². The number of nitrogens with one attached hydrogen (secondary N) is 1. The van der Waals surface area contributed by atoms with Crippen molar-refractivity contribution in [1.29, 1.82) is 0 Å². The Kier molecular flexibility index (Phi) is 3.61. The quantitative estimate of drug-likeness (QED) is 0.845. The fourth-order valence-corrected chi connectivity index (χ4v) is 2.28. The standard InChI is InChI=1S/C13H16FNO2/c14-12-6-5-10(7-11(12)13(16)17)15-8-9-3-1-2-4-9/h5-7,9,15H,1-4,8H2,(H,16,17). The van der Waals surface area contributed by atoms with Crippen LogP contribution in [0.5, 0.6) is 0 Å². The fraction of sp³-hybridized carbons (Fsp3) is 0.462. The van der Waals surface area contributed by atoms with E-state index in [-0.39, 0.29) is 5.56 Å². The third-order valence-corrected chi connectivity index (χ3v) is 3.27. The van der Waals surface area contributed by atoms with E-state index in [0.717, 1.165) is 6.54 Å². The molecule has 92 valence electrons. The summed E-state index contributed by atoms with van der Waals surface area (Å²) in [5, 5.41) is 12.0. The predicted molar refractivity (Wildman–Crippen MR) is 63.8 cm³/mol. The van der Waals surface area contributed by atoms with Crippen LogP contribution < -0.4 is 5.32 Å². The predicted octanol–water partition coefficient (Wildman–Crippen LogP) is 3.13. The van der Waals surface area contributed by atoms with Crippen LogP contribution in [0.4, 0.5) is 10.1 Å². The first-order valence-electron chi connectivity index (χ1n) is 5.93. The molecule has 0 amide bonds. The molecule has 0 radical (unpaired) electrons. The SMILES string of the molecule is O=C(O)c1cc(NCC2CCCC2)ccc1F. The summed E-state index contributed by atoms with van der Waals surface area (Å²) in [5.74, 6) is -1.26. The Bertz CT molecular complexity index is 414. The van der Waals surface area contributed by atoms with Crippen LogP contribution in [-0.4, -0.2) is 17.6 Å². The summed E-state index contributed by atoms with van der Waals surface area (Å²) in [4.78, 5) is 10.8. The zero-order valence-electron chi connectivity index (χ0n) is 9.58. The van der Waals surface area contributed by atoms with Crippen LogP contribution in [-0.2, 0) is 0 Å². The van der Waals surface area contributed by atoms with Crippen LogP contribution in [0, 0.1) is 11.7 Å². The van der Waals surface area contributed by atoms with E-state index in [0.29, 0.717) is 11.6 Å². The minimum Gasteiger partial charge on any atom is -0.478 e. The zero-order chi connectivity index (χ0) is 12.3. The molecule has 0 heterocycles. The first-order chi connectivity index (χ1) is 8.16. The molecule has 2 N–H and O–H groups in total. The van der Waals surface area contributed by atoms with Gasteiger partial charge >= 0.3 is 5.97 Å². The van der Waals surface area contributed by atoms with Crippen molar-refractivity contribution in [2.24, 2.45) is 5.92 Å². The lowest BCUT2D eigenvalue weighted by Gasteiger charge is -2.12. The van der Waals surface area contributed by atoms with Gasteiger partial charge in [-0.15, -0.1) is 0 Å². The number of carboxylic acids is 1. The second kappa shape index (κ2) is 5.17. The molecule has 3 nitrogen and oxygen atoms in total. The van der Waals surface area contributed by atoms with Gasteiger partial charge in [0.05, 0.1) is 5.56 Å². The Morgan fingerprint density at radius 2 is 2.12 bits per heavy atom. The number of carbonyl (C=O) groups is 1. The fourth-order valence-electron chi connectivity index (χ4n) is 2.28. The number of benzene rings is 1.